The van der Waals surface area contributed by atoms with Crippen LogP contribution in [-0.2, 0) is 4.79 Å². The van der Waals surface area contributed by atoms with E-state index in [1.807, 2.05) is 50.2 Å². The number of carbonyl (C=O) groups excluding carboxylic acids is 1. The van der Waals surface area contributed by atoms with Gasteiger partial charge in [-0.2, -0.15) is 0 Å². The van der Waals surface area contributed by atoms with Crippen LogP contribution in [0.15, 0.2) is 36.4 Å². The SMILES string of the molecule is Cc1cc(OCCCC(=O)Nc2ccc(I)cc2C)ccc1Cl. The van der Waals surface area contributed by atoms with Gasteiger partial charge in [0.05, 0.1) is 6.61 Å². The van der Waals surface area contributed by atoms with Crippen molar-refractivity contribution in [1.29, 1.82) is 0 Å². The van der Waals surface area contributed by atoms with Crippen LogP contribution in [0.2, 0.25) is 5.02 Å². The van der Waals surface area contributed by atoms with Crippen LogP contribution in [0, 0.1) is 17.4 Å². The number of carbonyl (C=O) groups is 1. The van der Waals surface area contributed by atoms with E-state index in [2.05, 4.69) is 27.9 Å². The molecule has 3 nitrogen and oxygen atoms in total. The van der Waals surface area contributed by atoms with Crippen LogP contribution in [0.5, 0.6) is 5.75 Å². The minimum atomic E-state index is 0.00481. The Morgan fingerprint density at radius 3 is 2.65 bits per heavy atom. The molecule has 0 saturated heterocycles. The Morgan fingerprint density at radius 2 is 1.96 bits per heavy atom. The first kappa shape index (κ1) is 18.1. The van der Waals surface area contributed by atoms with Gasteiger partial charge in [-0.05, 0) is 90.4 Å². The highest BCUT2D eigenvalue weighted by Crippen LogP contribution is 2.21. The molecule has 0 atom stereocenters. The number of nitrogens with one attached hydrogen (secondary N) is 1. The summed E-state index contributed by atoms with van der Waals surface area (Å²) in [6.07, 6.45) is 1.09. The van der Waals surface area contributed by atoms with E-state index in [9.17, 15) is 4.79 Å². The van der Waals surface area contributed by atoms with E-state index >= 15 is 0 Å². The van der Waals surface area contributed by atoms with Gasteiger partial charge >= 0.3 is 0 Å². The number of amides is 1. The summed E-state index contributed by atoms with van der Waals surface area (Å²) in [5, 5.41) is 3.66. The molecule has 0 fully saturated rings. The number of ether oxygens (including phenoxy) is 1. The van der Waals surface area contributed by atoms with Crippen LogP contribution in [0.3, 0.4) is 0 Å². The molecule has 5 heteroatoms. The standard InChI is InChI=1S/C18H19ClINO2/c1-12-11-15(6-7-16(12)19)23-9-3-4-18(22)21-17-8-5-14(20)10-13(17)2/h5-8,10-11H,3-4,9H2,1-2H3,(H,21,22). The van der Waals surface area contributed by atoms with Gasteiger partial charge in [0.15, 0.2) is 0 Å². The number of hydrogen-bond donors (Lipinski definition) is 1. The minimum absolute atomic E-state index is 0.00481. The van der Waals surface area contributed by atoms with Crippen molar-refractivity contribution in [3.8, 4) is 5.75 Å². The van der Waals surface area contributed by atoms with E-state index in [0.717, 1.165) is 31.2 Å². The van der Waals surface area contributed by atoms with Crippen LogP contribution >= 0.6 is 34.2 Å². The van der Waals surface area contributed by atoms with E-state index in [4.69, 9.17) is 16.3 Å². The maximum Gasteiger partial charge on any atom is 0.224 e. The maximum absolute atomic E-state index is 12.0. The lowest BCUT2D eigenvalue weighted by Gasteiger charge is -2.10. The molecule has 0 unspecified atom stereocenters. The number of anilines is 1. The largest absolute Gasteiger partial charge is 0.494 e. The van der Waals surface area contributed by atoms with Crippen molar-refractivity contribution in [3.05, 3.63) is 56.1 Å². The van der Waals surface area contributed by atoms with Gasteiger partial charge in [0, 0.05) is 20.7 Å². The molecular weight excluding hydrogens is 425 g/mol. The third-order valence-electron chi connectivity index (χ3n) is 3.41. The van der Waals surface area contributed by atoms with E-state index in [1.54, 1.807) is 0 Å². The van der Waals surface area contributed by atoms with Gasteiger partial charge in [0.2, 0.25) is 5.91 Å². The number of aryl methyl sites for hydroxylation is 2. The zero-order valence-electron chi connectivity index (χ0n) is 13.2. The fourth-order valence-corrected chi connectivity index (χ4v) is 2.87. The molecule has 1 N–H and O–H groups in total. The Bertz CT molecular complexity index is 703. The maximum atomic E-state index is 12.0. The number of hydrogen-bond acceptors (Lipinski definition) is 2. The molecule has 23 heavy (non-hydrogen) atoms. The van der Waals surface area contributed by atoms with Crippen molar-refractivity contribution in [3.63, 3.8) is 0 Å². The van der Waals surface area contributed by atoms with Crippen LogP contribution < -0.4 is 10.1 Å². The molecule has 0 aliphatic rings. The smallest absolute Gasteiger partial charge is 0.224 e. The molecular formula is C18H19ClINO2. The average molecular weight is 444 g/mol. The van der Waals surface area contributed by atoms with Crippen molar-refractivity contribution in [1.82, 2.24) is 0 Å². The Morgan fingerprint density at radius 1 is 1.17 bits per heavy atom. The van der Waals surface area contributed by atoms with Crippen molar-refractivity contribution in [2.24, 2.45) is 0 Å². The lowest BCUT2D eigenvalue weighted by Crippen LogP contribution is -2.13. The second-order valence-electron chi connectivity index (χ2n) is 5.37. The Kier molecular flexibility index (Phi) is 6.72. The van der Waals surface area contributed by atoms with Crippen LogP contribution in [0.1, 0.15) is 24.0 Å². The summed E-state index contributed by atoms with van der Waals surface area (Å²) in [6, 6.07) is 11.5. The molecule has 0 bridgehead atoms. The highest BCUT2D eigenvalue weighted by Gasteiger charge is 2.05. The van der Waals surface area contributed by atoms with Crippen molar-refractivity contribution in [2.75, 3.05) is 11.9 Å². The molecule has 0 aromatic heterocycles. The monoisotopic (exact) mass is 443 g/mol. The van der Waals surface area contributed by atoms with Crippen LogP contribution in [0.25, 0.3) is 0 Å². The third-order valence-corrected chi connectivity index (χ3v) is 4.50. The van der Waals surface area contributed by atoms with Gasteiger partial charge < -0.3 is 10.1 Å². The average Bonchev–Trinajstić information content (AvgIpc) is 2.50. The molecule has 2 aromatic rings. The zero-order chi connectivity index (χ0) is 16.8. The van der Waals surface area contributed by atoms with Gasteiger partial charge in [-0.15, -0.1) is 0 Å². The zero-order valence-corrected chi connectivity index (χ0v) is 16.1. The normalized spacial score (nSPS) is 10.4. The van der Waals surface area contributed by atoms with E-state index in [-0.39, 0.29) is 5.91 Å². The first-order valence-electron chi connectivity index (χ1n) is 7.40. The Balaban J connectivity index is 1.75. The summed E-state index contributed by atoms with van der Waals surface area (Å²) < 4.78 is 6.80. The minimum Gasteiger partial charge on any atom is -0.494 e. The number of rotatable bonds is 6. The summed E-state index contributed by atoms with van der Waals surface area (Å²) in [7, 11) is 0. The molecule has 0 radical (unpaired) electrons. The predicted octanol–water partition coefficient (Wildman–Crippen LogP) is 5.36. The fourth-order valence-electron chi connectivity index (χ4n) is 2.11. The second kappa shape index (κ2) is 8.55. The third kappa shape index (κ3) is 5.70. The number of halogens is 2. The first-order valence-corrected chi connectivity index (χ1v) is 8.86. The number of benzene rings is 2. The van der Waals surface area contributed by atoms with Crippen molar-refractivity contribution >= 4 is 45.8 Å². The highest BCUT2D eigenvalue weighted by atomic mass is 127. The van der Waals surface area contributed by atoms with E-state index in [0.29, 0.717) is 19.4 Å². The van der Waals surface area contributed by atoms with Gasteiger partial charge in [0.1, 0.15) is 5.75 Å². The lowest BCUT2D eigenvalue weighted by molar-refractivity contribution is -0.116. The lowest BCUT2D eigenvalue weighted by atomic mass is 10.2. The topological polar surface area (TPSA) is 38.3 Å². The van der Waals surface area contributed by atoms with Gasteiger partial charge in [0.25, 0.3) is 0 Å². The second-order valence-corrected chi connectivity index (χ2v) is 7.02. The Labute approximate surface area is 155 Å². The first-order chi connectivity index (χ1) is 11.0. The van der Waals surface area contributed by atoms with Crippen molar-refractivity contribution in [2.45, 2.75) is 26.7 Å². The quantitative estimate of drug-likeness (QED) is 0.482. The molecule has 2 rings (SSSR count). The van der Waals surface area contributed by atoms with E-state index in [1.165, 1.54) is 0 Å². The fraction of sp³-hybridized carbons (Fsp3) is 0.278. The summed E-state index contributed by atoms with van der Waals surface area (Å²) in [4.78, 5) is 12.0. The Hall–Kier alpha value is -1.27. The van der Waals surface area contributed by atoms with Crippen LogP contribution in [0.4, 0.5) is 5.69 Å². The molecule has 0 spiro atoms. The predicted molar refractivity (Wildman–Crippen MR) is 103 cm³/mol. The van der Waals surface area contributed by atoms with Crippen molar-refractivity contribution < 1.29 is 9.53 Å². The summed E-state index contributed by atoms with van der Waals surface area (Å²) in [6.45, 7) is 4.43. The summed E-state index contributed by atoms with van der Waals surface area (Å²) in [5.74, 6) is 0.783. The van der Waals surface area contributed by atoms with Gasteiger partial charge in [-0.25, -0.2) is 0 Å². The summed E-state index contributed by atoms with van der Waals surface area (Å²) in [5.41, 5.74) is 2.92. The van der Waals surface area contributed by atoms with Gasteiger partial charge in [-0.1, -0.05) is 11.6 Å². The molecule has 1 amide bonds. The van der Waals surface area contributed by atoms with E-state index < -0.39 is 0 Å². The molecule has 2 aromatic carbocycles. The highest BCUT2D eigenvalue weighted by molar-refractivity contribution is 14.1. The molecule has 122 valence electrons. The molecule has 0 aliphatic carbocycles. The summed E-state index contributed by atoms with van der Waals surface area (Å²) >= 11 is 8.23. The molecule has 0 saturated carbocycles. The van der Waals surface area contributed by atoms with Gasteiger partial charge in [-0.3, -0.25) is 4.79 Å². The van der Waals surface area contributed by atoms with Crippen LogP contribution in [-0.4, -0.2) is 12.5 Å². The molecule has 0 aliphatic heterocycles. The molecule has 0 heterocycles.